The van der Waals surface area contributed by atoms with Gasteiger partial charge < -0.3 is 5.73 Å². The molecule has 7 heteroatoms. The first-order chi connectivity index (χ1) is 9.77. The Labute approximate surface area is 127 Å². The second-order valence-corrected chi connectivity index (χ2v) is 7.28. The van der Waals surface area contributed by atoms with Gasteiger partial charge in [-0.1, -0.05) is 0 Å². The van der Waals surface area contributed by atoms with Crippen LogP contribution in [0.15, 0.2) is 23.2 Å². The Bertz CT molecular complexity index is 518. The molecule has 0 unspecified atom stereocenters. The predicted molar refractivity (Wildman–Crippen MR) is 84.3 cm³/mol. The van der Waals surface area contributed by atoms with Gasteiger partial charge in [-0.2, -0.15) is 0 Å². The summed E-state index contributed by atoms with van der Waals surface area (Å²) in [6, 6.07) is 3.91. The van der Waals surface area contributed by atoms with E-state index in [0.29, 0.717) is 37.4 Å². The van der Waals surface area contributed by atoms with Gasteiger partial charge >= 0.3 is 0 Å². The van der Waals surface area contributed by atoms with Gasteiger partial charge in [0.15, 0.2) is 0 Å². The molecule has 0 fully saturated rings. The van der Waals surface area contributed by atoms with Crippen molar-refractivity contribution < 1.29 is 8.42 Å². The Hall–Kier alpha value is -1.02. The minimum Gasteiger partial charge on any atom is -0.325 e. The van der Waals surface area contributed by atoms with Gasteiger partial charge in [0.25, 0.3) is 0 Å². The van der Waals surface area contributed by atoms with E-state index in [1.165, 1.54) is 12.3 Å². The van der Waals surface area contributed by atoms with E-state index >= 15 is 0 Å². The summed E-state index contributed by atoms with van der Waals surface area (Å²) in [5, 5.41) is 0. The molecule has 0 bridgehead atoms. The lowest BCUT2D eigenvalue weighted by molar-refractivity contribution is 0.179. The van der Waals surface area contributed by atoms with Gasteiger partial charge in [0.1, 0.15) is 4.90 Å². The lowest BCUT2D eigenvalue weighted by Crippen LogP contribution is -2.42. The highest BCUT2D eigenvalue weighted by molar-refractivity contribution is 7.89. The molecule has 0 saturated carbocycles. The zero-order valence-corrected chi connectivity index (χ0v) is 14.0. The summed E-state index contributed by atoms with van der Waals surface area (Å²) < 4.78 is 26.9. The highest BCUT2D eigenvalue weighted by atomic mass is 32.2. The van der Waals surface area contributed by atoms with Crippen LogP contribution in [0.5, 0.6) is 0 Å². The second kappa shape index (κ2) is 7.84. The molecule has 0 spiro atoms. The van der Waals surface area contributed by atoms with Crippen LogP contribution in [0, 0.1) is 0 Å². The van der Waals surface area contributed by atoms with Gasteiger partial charge in [-0.15, -0.1) is 0 Å². The lowest BCUT2D eigenvalue weighted by Gasteiger charge is -2.30. The molecular formula is C14H26N4O2S. The maximum absolute atomic E-state index is 12.2. The third kappa shape index (κ3) is 5.35. The fourth-order valence-electron chi connectivity index (χ4n) is 2.20. The first-order valence-electron chi connectivity index (χ1n) is 7.18. The summed E-state index contributed by atoms with van der Waals surface area (Å²) in [5.41, 5.74) is 6.11. The van der Waals surface area contributed by atoms with Gasteiger partial charge in [0.2, 0.25) is 10.0 Å². The number of aromatic nitrogens is 1. The Kier molecular flexibility index (Phi) is 6.73. The lowest BCUT2D eigenvalue weighted by atomic mass is 10.2. The van der Waals surface area contributed by atoms with Crippen molar-refractivity contribution in [3.63, 3.8) is 0 Å². The van der Waals surface area contributed by atoms with Gasteiger partial charge in [-0.25, -0.2) is 13.1 Å². The number of hydrogen-bond donors (Lipinski definition) is 2. The molecule has 0 radical (unpaired) electrons. The number of nitrogens with one attached hydrogen (secondary N) is 1. The van der Waals surface area contributed by atoms with E-state index in [4.69, 9.17) is 5.73 Å². The third-order valence-corrected chi connectivity index (χ3v) is 4.75. The van der Waals surface area contributed by atoms with Crippen molar-refractivity contribution in [2.75, 3.05) is 13.1 Å². The highest BCUT2D eigenvalue weighted by Gasteiger charge is 2.17. The van der Waals surface area contributed by atoms with Crippen LogP contribution in [0.4, 0.5) is 0 Å². The summed E-state index contributed by atoms with van der Waals surface area (Å²) >= 11 is 0. The van der Waals surface area contributed by atoms with E-state index in [0.717, 1.165) is 0 Å². The number of rotatable bonds is 8. The second-order valence-electron chi connectivity index (χ2n) is 5.51. The minimum atomic E-state index is -3.51. The fraction of sp³-hybridized carbons (Fsp3) is 0.643. The molecule has 0 atom stereocenters. The van der Waals surface area contributed by atoms with Gasteiger partial charge in [0, 0.05) is 37.9 Å². The Morgan fingerprint density at radius 1 is 1.24 bits per heavy atom. The van der Waals surface area contributed by atoms with Crippen LogP contribution in [0.2, 0.25) is 0 Å². The number of sulfonamides is 1. The van der Waals surface area contributed by atoms with Crippen LogP contribution in [0.3, 0.4) is 0 Å². The molecule has 0 aromatic carbocycles. The molecule has 3 N–H and O–H groups in total. The average Bonchev–Trinajstić information content (AvgIpc) is 2.42. The number of hydrogen-bond acceptors (Lipinski definition) is 5. The van der Waals surface area contributed by atoms with Crippen LogP contribution in [0.25, 0.3) is 0 Å². The van der Waals surface area contributed by atoms with Crippen molar-refractivity contribution in [1.82, 2.24) is 14.6 Å². The molecule has 0 saturated heterocycles. The summed E-state index contributed by atoms with van der Waals surface area (Å²) in [6.07, 6.45) is 1.34. The largest absolute Gasteiger partial charge is 0.325 e. The van der Waals surface area contributed by atoms with Gasteiger partial charge in [-0.3, -0.25) is 9.88 Å². The summed E-state index contributed by atoms with van der Waals surface area (Å²) in [4.78, 5) is 6.41. The summed E-state index contributed by atoms with van der Waals surface area (Å²) in [5.74, 6) is 0. The zero-order chi connectivity index (χ0) is 16.0. The summed E-state index contributed by atoms with van der Waals surface area (Å²) in [7, 11) is -3.51. The molecule has 1 aromatic heterocycles. The predicted octanol–water partition coefficient (Wildman–Crippen LogP) is 0.937. The monoisotopic (exact) mass is 314 g/mol. The van der Waals surface area contributed by atoms with E-state index < -0.39 is 10.0 Å². The van der Waals surface area contributed by atoms with Crippen molar-refractivity contribution in [2.45, 2.75) is 51.2 Å². The Morgan fingerprint density at radius 3 is 2.29 bits per heavy atom. The van der Waals surface area contributed by atoms with E-state index in [1.54, 1.807) is 6.07 Å². The maximum atomic E-state index is 12.2. The number of nitrogens with zero attached hydrogens (tertiary/aromatic N) is 2. The molecule has 0 aliphatic carbocycles. The molecule has 6 nitrogen and oxygen atoms in total. The number of nitrogens with two attached hydrogens (primary N) is 1. The summed E-state index contributed by atoms with van der Waals surface area (Å²) in [6.45, 7) is 9.74. The van der Waals surface area contributed by atoms with Gasteiger partial charge in [-0.05, 0) is 39.8 Å². The zero-order valence-electron chi connectivity index (χ0n) is 13.2. The number of pyridine rings is 1. The molecular weight excluding hydrogens is 288 g/mol. The van der Waals surface area contributed by atoms with Crippen LogP contribution in [-0.2, 0) is 16.6 Å². The highest BCUT2D eigenvalue weighted by Crippen LogP contribution is 2.08. The van der Waals surface area contributed by atoms with E-state index in [9.17, 15) is 8.42 Å². The molecule has 1 heterocycles. The minimum absolute atomic E-state index is 0.167. The SMILES string of the molecule is CC(C)N(CCNS(=O)(=O)c1ccc(CN)nc1)C(C)C. The normalized spacial score (nSPS) is 12.6. The molecule has 0 aliphatic rings. The molecule has 21 heavy (non-hydrogen) atoms. The molecule has 0 amide bonds. The van der Waals surface area contributed by atoms with Crippen LogP contribution >= 0.6 is 0 Å². The quantitative estimate of drug-likeness (QED) is 0.745. The fourth-order valence-corrected chi connectivity index (χ4v) is 3.16. The van der Waals surface area contributed by atoms with Crippen LogP contribution < -0.4 is 10.5 Å². The van der Waals surface area contributed by atoms with Crippen molar-refractivity contribution in [3.05, 3.63) is 24.0 Å². The molecule has 0 aliphatic heterocycles. The van der Waals surface area contributed by atoms with Crippen LogP contribution in [0.1, 0.15) is 33.4 Å². The van der Waals surface area contributed by atoms with Crippen molar-refractivity contribution in [3.8, 4) is 0 Å². The van der Waals surface area contributed by atoms with E-state index in [-0.39, 0.29) is 4.90 Å². The molecule has 120 valence electrons. The Morgan fingerprint density at radius 2 is 1.86 bits per heavy atom. The van der Waals surface area contributed by atoms with Gasteiger partial charge in [0.05, 0.1) is 5.69 Å². The average molecular weight is 314 g/mol. The van der Waals surface area contributed by atoms with Crippen molar-refractivity contribution in [2.24, 2.45) is 5.73 Å². The van der Waals surface area contributed by atoms with Crippen molar-refractivity contribution >= 4 is 10.0 Å². The third-order valence-electron chi connectivity index (χ3n) is 3.31. The topological polar surface area (TPSA) is 88.3 Å². The molecule has 1 rings (SSSR count). The van der Waals surface area contributed by atoms with Crippen molar-refractivity contribution in [1.29, 1.82) is 0 Å². The van der Waals surface area contributed by atoms with E-state index in [1.807, 2.05) is 0 Å². The molecule has 1 aromatic rings. The maximum Gasteiger partial charge on any atom is 0.242 e. The van der Waals surface area contributed by atoms with Crippen LogP contribution in [-0.4, -0.2) is 43.5 Å². The smallest absolute Gasteiger partial charge is 0.242 e. The Balaban J connectivity index is 2.64. The standard InChI is InChI=1S/C14H26N4O2S/c1-11(2)18(12(3)4)8-7-17-21(19,20)14-6-5-13(9-15)16-10-14/h5-6,10-12,17H,7-9,15H2,1-4H3. The van der Waals surface area contributed by atoms with E-state index in [2.05, 4.69) is 42.3 Å². The first kappa shape index (κ1) is 18.0. The first-order valence-corrected chi connectivity index (χ1v) is 8.66.